The molecule has 0 spiro atoms. The summed E-state index contributed by atoms with van der Waals surface area (Å²) < 4.78 is 33.6. The maximum Gasteiger partial charge on any atom is 0.328 e. The van der Waals surface area contributed by atoms with Crippen molar-refractivity contribution in [2.75, 3.05) is 7.05 Å². The van der Waals surface area contributed by atoms with Crippen LogP contribution in [0.4, 0.5) is 8.78 Å². The minimum absolute atomic E-state index is 0.0316. The van der Waals surface area contributed by atoms with Crippen LogP contribution in [0.5, 0.6) is 0 Å². The number of benzene rings is 4. The van der Waals surface area contributed by atoms with Gasteiger partial charge in [0.05, 0.1) is 27.6 Å². The van der Waals surface area contributed by atoms with Crippen molar-refractivity contribution in [2.45, 2.75) is 0 Å². The van der Waals surface area contributed by atoms with Crippen LogP contribution < -0.4 is 11.0 Å². The topological polar surface area (TPSA) is 73.8 Å². The number of hydrogen-bond donors (Lipinski definition) is 1. The molecule has 194 valence electrons. The molecule has 0 saturated carbocycles. The first-order valence-corrected chi connectivity index (χ1v) is 12.2. The number of imidazole rings is 2. The first kappa shape index (κ1) is 24.3. The van der Waals surface area contributed by atoms with Crippen LogP contribution in [0.2, 0.25) is 0 Å². The Morgan fingerprint density at radius 1 is 0.769 bits per heavy atom. The van der Waals surface area contributed by atoms with E-state index in [2.05, 4.69) is 5.32 Å². The fourth-order valence-electron chi connectivity index (χ4n) is 4.96. The molecule has 0 bridgehead atoms. The molecule has 2 heterocycles. The molecule has 0 unspecified atom stereocenters. The van der Waals surface area contributed by atoms with Crippen molar-refractivity contribution < 1.29 is 13.6 Å². The Bertz CT molecular complexity index is 1980. The number of rotatable bonds is 4. The van der Waals surface area contributed by atoms with Gasteiger partial charge in [-0.1, -0.05) is 12.1 Å². The lowest BCUT2D eigenvalue weighted by Gasteiger charge is -2.11. The van der Waals surface area contributed by atoms with E-state index in [9.17, 15) is 18.4 Å². The number of aromatic nitrogens is 4. The summed E-state index contributed by atoms with van der Waals surface area (Å²) in [5.41, 5.74) is 5.62. The lowest BCUT2D eigenvalue weighted by molar-refractivity contribution is 0.0959. The summed E-state index contributed by atoms with van der Waals surface area (Å²) in [5.74, 6) is -0.883. The molecule has 4 aromatic carbocycles. The van der Waals surface area contributed by atoms with E-state index in [1.165, 1.54) is 31.3 Å². The standard InChI is InChI=1S/C30H23F2N5O2/c1-33-29(38)22-11-6-18(14-23(22)32)19-7-12-25-24(15-19)34-28(17-4-8-20(31)9-5-17)37(25)21-10-13-26-27(16-21)36(3)30(39)35(26)2/h4-16H,1-3H3,(H,33,38). The minimum atomic E-state index is -0.619. The van der Waals surface area contributed by atoms with Gasteiger partial charge in [-0.05, 0) is 77.9 Å². The van der Waals surface area contributed by atoms with Crippen LogP contribution >= 0.6 is 0 Å². The highest BCUT2D eigenvalue weighted by Crippen LogP contribution is 2.33. The predicted octanol–water partition coefficient (Wildman–Crippen LogP) is 5.19. The summed E-state index contributed by atoms with van der Waals surface area (Å²) in [4.78, 5) is 29.3. The summed E-state index contributed by atoms with van der Waals surface area (Å²) in [6.45, 7) is 0. The number of carbonyl (C=O) groups excluding carboxylic acids is 1. The molecule has 0 radical (unpaired) electrons. The van der Waals surface area contributed by atoms with Gasteiger partial charge in [-0.15, -0.1) is 0 Å². The minimum Gasteiger partial charge on any atom is -0.355 e. The van der Waals surface area contributed by atoms with Crippen molar-refractivity contribution in [3.63, 3.8) is 0 Å². The maximum atomic E-state index is 14.7. The van der Waals surface area contributed by atoms with Gasteiger partial charge < -0.3 is 5.32 Å². The monoisotopic (exact) mass is 523 g/mol. The third-order valence-corrected chi connectivity index (χ3v) is 7.04. The molecule has 0 saturated heterocycles. The van der Waals surface area contributed by atoms with Gasteiger partial charge in [0, 0.05) is 32.4 Å². The number of carbonyl (C=O) groups is 1. The Morgan fingerprint density at radius 3 is 2.13 bits per heavy atom. The smallest absolute Gasteiger partial charge is 0.328 e. The fourth-order valence-corrected chi connectivity index (χ4v) is 4.96. The molecular formula is C30H23F2N5O2. The van der Waals surface area contributed by atoms with Crippen LogP contribution in [0.3, 0.4) is 0 Å². The number of nitrogens with one attached hydrogen (secondary N) is 1. The van der Waals surface area contributed by atoms with Crippen molar-refractivity contribution in [1.82, 2.24) is 24.0 Å². The van der Waals surface area contributed by atoms with Crippen LogP contribution in [-0.4, -0.2) is 31.6 Å². The molecule has 6 rings (SSSR count). The van der Waals surface area contributed by atoms with Crippen molar-refractivity contribution in [3.05, 3.63) is 107 Å². The van der Waals surface area contributed by atoms with Crippen molar-refractivity contribution >= 4 is 28.0 Å². The van der Waals surface area contributed by atoms with Crippen LogP contribution in [0, 0.1) is 11.6 Å². The lowest BCUT2D eigenvalue weighted by Crippen LogP contribution is -2.19. The molecule has 1 N–H and O–H groups in total. The Balaban J connectivity index is 1.56. The van der Waals surface area contributed by atoms with Gasteiger partial charge in [0.2, 0.25) is 0 Å². The molecule has 2 aromatic heterocycles. The number of hydrogen-bond acceptors (Lipinski definition) is 3. The molecule has 0 aliphatic carbocycles. The van der Waals surface area contributed by atoms with Crippen molar-refractivity contribution in [2.24, 2.45) is 14.1 Å². The SMILES string of the molecule is CNC(=O)c1ccc(-c2ccc3c(c2)nc(-c2ccc(F)cc2)n3-c2ccc3c(c2)n(C)c(=O)n3C)cc1F. The highest BCUT2D eigenvalue weighted by molar-refractivity contribution is 5.95. The van der Waals surface area contributed by atoms with E-state index in [4.69, 9.17) is 4.98 Å². The molecule has 0 atom stereocenters. The van der Waals surface area contributed by atoms with E-state index in [0.29, 0.717) is 22.5 Å². The highest BCUT2D eigenvalue weighted by Gasteiger charge is 2.18. The van der Waals surface area contributed by atoms with Gasteiger partial charge in [-0.3, -0.25) is 18.5 Å². The zero-order valence-corrected chi connectivity index (χ0v) is 21.4. The number of aryl methyl sites for hydroxylation is 2. The summed E-state index contributed by atoms with van der Waals surface area (Å²) >= 11 is 0. The molecule has 0 aliphatic heterocycles. The second kappa shape index (κ2) is 9.05. The van der Waals surface area contributed by atoms with Gasteiger partial charge in [0.1, 0.15) is 17.5 Å². The van der Waals surface area contributed by atoms with E-state index in [-0.39, 0.29) is 17.1 Å². The molecule has 9 heteroatoms. The Labute approximate surface area is 221 Å². The Hall–Kier alpha value is -5.05. The Kier molecular flexibility index (Phi) is 5.64. The van der Waals surface area contributed by atoms with Gasteiger partial charge >= 0.3 is 5.69 Å². The van der Waals surface area contributed by atoms with Crippen LogP contribution in [0.25, 0.3) is 50.3 Å². The zero-order valence-electron chi connectivity index (χ0n) is 21.4. The van der Waals surface area contributed by atoms with E-state index in [1.807, 2.05) is 41.0 Å². The van der Waals surface area contributed by atoms with Crippen molar-refractivity contribution in [1.29, 1.82) is 0 Å². The second-order valence-corrected chi connectivity index (χ2v) is 9.33. The Morgan fingerprint density at radius 2 is 1.41 bits per heavy atom. The molecule has 1 amide bonds. The number of amides is 1. The van der Waals surface area contributed by atoms with Gasteiger partial charge in [0.15, 0.2) is 0 Å². The average molecular weight is 524 g/mol. The van der Waals surface area contributed by atoms with Crippen LogP contribution in [0.1, 0.15) is 10.4 Å². The first-order chi connectivity index (χ1) is 18.8. The largest absolute Gasteiger partial charge is 0.355 e. The highest BCUT2D eigenvalue weighted by atomic mass is 19.1. The van der Waals surface area contributed by atoms with Crippen LogP contribution in [0.15, 0.2) is 83.7 Å². The van der Waals surface area contributed by atoms with E-state index in [1.54, 1.807) is 41.4 Å². The average Bonchev–Trinajstić information content (AvgIpc) is 3.43. The zero-order chi connectivity index (χ0) is 27.4. The number of fused-ring (bicyclic) bond motifs is 2. The van der Waals surface area contributed by atoms with E-state index >= 15 is 0 Å². The number of halogens is 2. The van der Waals surface area contributed by atoms with E-state index < -0.39 is 11.7 Å². The van der Waals surface area contributed by atoms with Gasteiger partial charge in [-0.25, -0.2) is 18.6 Å². The van der Waals surface area contributed by atoms with E-state index in [0.717, 1.165) is 27.8 Å². The van der Waals surface area contributed by atoms with Gasteiger partial charge in [0.25, 0.3) is 5.91 Å². The molecule has 0 fully saturated rings. The third-order valence-electron chi connectivity index (χ3n) is 7.04. The molecular weight excluding hydrogens is 500 g/mol. The summed E-state index contributed by atoms with van der Waals surface area (Å²) in [6, 6.07) is 21.9. The fraction of sp³-hybridized carbons (Fsp3) is 0.100. The molecule has 39 heavy (non-hydrogen) atoms. The molecule has 0 aliphatic rings. The molecule has 7 nitrogen and oxygen atoms in total. The quantitative estimate of drug-likeness (QED) is 0.346. The second-order valence-electron chi connectivity index (χ2n) is 9.33. The first-order valence-electron chi connectivity index (χ1n) is 12.2. The maximum absolute atomic E-state index is 14.7. The normalized spacial score (nSPS) is 11.4. The summed E-state index contributed by atoms with van der Waals surface area (Å²) in [5, 5.41) is 2.43. The van der Waals surface area contributed by atoms with Crippen molar-refractivity contribution in [3.8, 4) is 28.2 Å². The summed E-state index contributed by atoms with van der Waals surface area (Å²) in [7, 11) is 4.91. The van der Waals surface area contributed by atoms with Crippen LogP contribution in [-0.2, 0) is 14.1 Å². The third kappa shape index (κ3) is 3.90. The van der Waals surface area contributed by atoms with Gasteiger partial charge in [-0.2, -0.15) is 0 Å². The predicted molar refractivity (Wildman–Crippen MR) is 147 cm³/mol. The number of nitrogens with zero attached hydrogens (tertiary/aromatic N) is 4. The summed E-state index contributed by atoms with van der Waals surface area (Å²) in [6.07, 6.45) is 0. The molecule has 6 aromatic rings. The lowest BCUT2D eigenvalue weighted by atomic mass is 10.0.